The average molecular weight is 272 g/mol. The number of benzene rings is 1. The van der Waals surface area contributed by atoms with Crippen LogP contribution in [0.4, 0.5) is 5.69 Å². The van der Waals surface area contributed by atoms with Crippen LogP contribution in [0.25, 0.3) is 5.69 Å². The van der Waals surface area contributed by atoms with Gasteiger partial charge in [-0.1, -0.05) is 26.0 Å². The minimum absolute atomic E-state index is 0.106. The molecule has 3 N–H and O–H groups in total. The number of hydrogen-bond donors (Lipinski definition) is 2. The van der Waals surface area contributed by atoms with Gasteiger partial charge in [-0.2, -0.15) is 5.10 Å². The summed E-state index contributed by atoms with van der Waals surface area (Å²) in [6.07, 6.45) is 1.74. The van der Waals surface area contributed by atoms with Gasteiger partial charge in [0.2, 0.25) is 0 Å². The predicted molar refractivity (Wildman–Crippen MR) is 79.7 cm³/mol. The third-order valence-corrected chi connectivity index (χ3v) is 3.36. The molecule has 1 amide bonds. The van der Waals surface area contributed by atoms with E-state index < -0.39 is 0 Å². The number of nitrogens with zero attached hydrogens (tertiary/aromatic N) is 2. The first-order valence-corrected chi connectivity index (χ1v) is 6.70. The molecule has 2 rings (SSSR count). The molecule has 0 aliphatic heterocycles. The van der Waals surface area contributed by atoms with E-state index in [1.807, 2.05) is 25.1 Å². The number of nitrogens with one attached hydrogen (secondary N) is 1. The second-order valence-corrected chi connectivity index (χ2v) is 5.21. The first kappa shape index (κ1) is 14.1. The molecule has 1 aromatic carbocycles. The Morgan fingerprint density at radius 1 is 1.25 bits per heavy atom. The van der Waals surface area contributed by atoms with Crippen molar-refractivity contribution in [3.63, 3.8) is 0 Å². The average Bonchev–Trinajstić information content (AvgIpc) is 2.88. The van der Waals surface area contributed by atoms with Gasteiger partial charge in [-0.3, -0.25) is 4.79 Å². The Labute approximate surface area is 118 Å². The molecule has 20 heavy (non-hydrogen) atoms. The Morgan fingerprint density at radius 2 is 1.95 bits per heavy atom. The van der Waals surface area contributed by atoms with Crippen LogP contribution in [-0.4, -0.2) is 21.7 Å². The highest BCUT2D eigenvalue weighted by Crippen LogP contribution is 2.15. The molecule has 0 saturated carbocycles. The normalized spacial score (nSPS) is 12.4. The van der Waals surface area contributed by atoms with E-state index in [0.717, 1.165) is 5.69 Å². The molecule has 5 heteroatoms. The maximum absolute atomic E-state index is 12.1. The minimum atomic E-state index is -0.167. The summed E-state index contributed by atoms with van der Waals surface area (Å²) in [6.45, 7) is 6.11. The van der Waals surface area contributed by atoms with Crippen molar-refractivity contribution in [2.75, 3.05) is 5.73 Å². The maximum atomic E-state index is 12.1. The lowest BCUT2D eigenvalue weighted by molar-refractivity contribution is 0.0925. The molecule has 0 aliphatic carbocycles. The molecule has 0 aliphatic rings. The minimum Gasteiger partial charge on any atom is -0.397 e. The standard InChI is InChI=1S/C15H20N4O/c1-10(2)11(3)17-15(20)13-8-9-19(18-13)14-7-5-4-6-12(14)16/h4-11H,16H2,1-3H3,(H,17,20). The highest BCUT2D eigenvalue weighted by molar-refractivity contribution is 5.92. The summed E-state index contributed by atoms with van der Waals surface area (Å²) in [5.74, 6) is 0.213. The van der Waals surface area contributed by atoms with E-state index in [4.69, 9.17) is 5.73 Å². The largest absolute Gasteiger partial charge is 0.397 e. The van der Waals surface area contributed by atoms with Gasteiger partial charge in [-0.25, -0.2) is 4.68 Å². The lowest BCUT2D eigenvalue weighted by atomic mass is 10.1. The summed E-state index contributed by atoms with van der Waals surface area (Å²) in [6, 6.07) is 9.20. The molecule has 1 heterocycles. The Morgan fingerprint density at radius 3 is 2.60 bits per heavy atom. The zero-order valence-corrected chi connectivity index (χ0v) is 12.0. The summed E-state index contributed by atoms with van der Waals surface area (Å²) < 4.78 is 1.62. The molecule has 0 saturated heterocycles. The van der Waals surface area contributed by atoms with E-state index in [9.17, 15) is 4.79 Å². The van der Waals surface area contributed by atoms with Crippen LogP contribution in [0.5, 0.6) is 0 Å². The molecular weight excluding hydrogens is 252 g/mol. The highest BCUT2D eigenvalue weighted by atomic mass is 16.2. The van der Waals surface area contributed by atoms with Crippen LogP contribution in [0.2, 0.25) is 0 Å². The maximum Gasteiger partial charge on any atom is 0.272 e. The van der Waals surface area contributed by atoms with Crippen molar-refractivity contribution in [3.8, 4) is 5.69 Å². The van der Waals surface area contributed by atoms with Crippen molar-refractivity contribution in [2.24, 2.45) is 5.92 Å². The van der Waals surface area contributed by atoms with Gasteiger partial charge in [-0.05, 0) is 31.0 Å². The number of hydrogen-bond acceptors (Lipinski definition) is 3. The molecule has 2 aromatic rings. The van der Waals surface area contributed by atoms with Crippen LogP contribution < -0.4 is 11.1 Å². The predicted octanol–water partition coefficient (Wildman–Crippen LogP) is 2.23. The molecule has 1 atom stereocenters. The van der Waals surface area contributed by atoms with Gasteiger partial charge < -0.3 is 11.1 Å². The van der Waals surface area contributed by atoms with Crippen LogP contribution in [0.15, 0.2) is 36.5 Å². The molecule has 0 radical (unpaired) electrons. The molecule has 106 valence electrons. The molecule has 1 unspecified atom stereocenters. The van der Waals surface area contributed by atoms with E-state index in [-0.39, 0.29) is 11.9 Å². The summed E-state index contributed by atoms with van der Waals surface area (Å²) in [5, 5.41) is 7.21. The second kappa shape index (κ2) is 5.77. The van der Waals surface area contributed by atoms with E-state index in [2.05, 4.69) is 24.3 Å². The van der Waals surface area contributed by atoms with E-state index in [0.29, 0.717) is 17.3 Å². The van der Waals surface area contributed by atoms with Gasteiger partial charge in [-0.15, -0.1) is 0 Å². The number of rotatable bonds is 4. The van der Waals surface area contributed by atoms with Crippen LogP contribution in [0.3, 0.4) is 0 Å². The van der Waals surface area contributed by atoms with Crippen molar-refractivity contribution in [2.45, 2.75) is 26.8 Å². The first-order chi connectivity index (χ1) is 9.49. The monoisotopic (exact) mass is 272 g/mol. The Bertz CT molecular complexity index is 603. The third kappa shape index (κ3) is 2.99. The fraction of sp³-hybridized carbons (Fsp3) is 0.333. The zero-order valence-electron chi connectivity index (χ0n) is 12.0. The number of amides is 1. The molecule has 0 spiro atoms. The van der Waals surface area contributed by atoms with Crippen molar-refractivity contribution >= 4 is 11.6 Å². The Kier molecular flexibility index (Phi) is 4.08. The van der Waals surface area contributed by atoms with Crippen molar-refractivity contribution in [3.05, 3.63) is 42.2 Å². The lowest BCUT2D eigenvalue weighted by Crippen LogP contribution is -2.36. The molecule has 5 nitrogen and oxygen atoms in total. The zero-order chi connectivity index (χ0) is 14.7. The topological polar surface area (TPSA) is 72.9 Å². The second-order valence-electron chi connectivity index (χ2n) is 5.21. The lowest BCUT2D eigenvalue weighted by Gasteiger charge is -2.16. The number of carbonyl (C=O) groups is 1. The smallest absolute Gasteiger partial charge is 0.272 e. The van der Waals surface area contributed by atoms with Gasteiger partial charge >= 0.3 is 0 Å². The number of carbonyl (C=O) groups excluding carboxylic acids is 1. The van der Waals surface area contributed by atoms with E-state index in [1.165, 1.54) is 0 Å². The first-order valence-electron chi connectivity index (χ1n) is 6.70. The van der Waals surface area contributed by atoms with Gasteiger partial charge in [0.1, 0.15) is 0 Å². The number of nitrogens with two attached hydrogens (primary N) is 1. The fourth-order valence-corrected chi connectivity index (χ4v) is 1.72. The Balaban J connectivity index is 2.17. The summed E-state index contributed by atoms with van der Waals surface area (Å²) in [4.78, 5) is 12.1. The van der Waals surface area contributed by atoms with E-state index in [1.54, 1.807) is 23.0 Å². The van der Waals surface area contributed by atoms with Crippen molar-refractivity contribution < 1.29 is 4.79 Å². The van der Waals surface area contributed by atoms with Gasteiger partial charge in [0.25, 0.3) is 5.91 Å². The van der Waals surface area contributed by atoms with E-state index >= 15 is 0 Å². The third-order valence-electron chi connectivity index (χ3n) is 3.36. The molecule has 0 fully saturated rings. The van der Waals surface area contributed by atoms with Gasteiger partial charge in [0.05, 0.1) is 11.4 Å². The number of para-hydroxylation sites is 2. The Hall–Kier alpha value is -2.30. The number of nitrogen functional groups attached to an aromatic ring is 1. The number of aromatic nitrogens is 2. The van der Waals surface area contributed by atoms with Crippen LogP contribution >= 0.6 is 0 Å². The molecular formula is C15H20N4O. The molecule has 0 bridgehead atoms. The quantitative estimate of drug-likeness (QED) is 0.838. The van der Waals surface area contributed by atoms with Crippen LogP contribution in [0, 0.1) is 5.92 Å². The fourth-order valence-electron chi connectivity index (χ4n) is 1.72. The summed E-state index contributed by atoms with van der Waals surface area (Å²) in [7, 11) is 0. The number of anilines is 1. The van der Waals surface area contributed by atoms with Crippen LogP contribution in [0.1, 0.15) is 31.3 Å². The molecule has 1 aromatic heterocycles. The summed E-state index contributed by atoms with van der Waals surface area (Å²) >= 11 is 0. The van der Waals surface area contributed by atoms with Gasteiger partial charge in [0.15, 0.2) is 5.69 Å². The SMILES string of the molecule is CC(C)C(C)NC(=O)c1ccn(-c2ccccc2N)n1. The van der Waals surface area contributed by atoms with Crippen LogP contribution in [-0.2, 0) is 0 Å². The van der Waals surface area contributed by atoms with Crippen molar-refractivity contribution in [1.29, 1.82) is 0 Å². The van der Waals surface area contributed by atoms with Crippen molar-refractivity contribution in [1.82, 2.24) is 15.1 Å². The van der Waals surface area contributed by atoms with Gasteiger partial charge in [0, 0.05) is 12.2 Å². The highest BCUT2D eigenvalue weighted by Gasteiger charge is 2.15. The summed E-state index contributed by atoms with van der Waals surface area (Å²) in [5.41, 5.74) is 7.68.